The molecule has 0 bridgehead atoms. The Morgan fingerprint density at radius 2 is 2.25 bits per heavy atom. The molecule has 0 fully saturated rings. The quantitative estimate of drug-likeness (QED) is 0.920. The molecular formula is C15H19N3OS. The Balaban J connectivity index is 2.22. The molecule has 0 unspecified atom stereocenters. The molecule has 0 atom stereocenters. The standard InChI is InChI=1S/C15H19N3OS/c1-11(2)18(10-14-4-3-7-20-14)15(19)12-5-6-17-13(8-12)9-16/h3-8,11H,9-10,16H2,1-2H3. The zero-order chi connectivity index (χ0) is 14.5. The van der Waals surface area contributed by atoms with Gasteiger partial charge in [0.25, 0.3) is 5.91 Å². The van der Waals surface area contributed by atoms with Crippen LogP contribution in [0.1, 0.15) is 34.8 Å². The first-order valence-corrected chi connectivity index (χ1v) is 7.48. The molecule has 2 N–H and O–H groups in total. The number of hydrogen-bond donors (Lipinski definition) is 1. The highest BCUT2D eigenvalue weighted by Gasteiger charge is 2.19. The Morgan fingerprint density at radius 3 is 2.85 bits per heavy atom. The molecule has 0 aliphatic carbocycles. The van der Waals surface area contributed by atoms with Crippen molar-refractivity contribution >= 4 is 17.2 Å². The molecule has 0 spiro atoms. The molecule has 0 saturated carbocycles. The summed E-state index contributed by atoms with van der Waals surface area (Å²) >= 11 is 1.66. The molecule has 2 aromatic heterocycles. The van der Waals surface area contributed by atoms with Crippen molar-refractivity contribution in [2.24, 2.45) is 5.73 Å². The van der Waals surface area contributed by atoms with Gasteiger partial charge >= 0.3 is 0 Å². The molecule has 5 heteroatoms. The summed E-state index contributed by atoms with van der Waals surface area (Å²) in [7, 11) is 0. The SMILES string of the molecule is CC(C)N(Cc1cccs1)C(=O)c1ccnc(CN)c1. The fraction of sp³-hybridized carbons (Fsp3) is 0.333. The van der Waals surface area contributed by atoms with Crippen LogP contribution in [0.5, 0.6) is 0 Å². The summed E-state index contributed by atoms with van der Waals surface area (Å²) in [6.45, 7) is 5.02. The van der Waals surface area contributed by atoms with Crippen LogP contribution in [0, 0.1) is 0 Å². The normalized spacial score (nSPS) is 10.8. The van der Waals surface area contributed by atoms with E-state index in [1.807, 2.05) is 36.3 Å². The van der Waals surface area contributed by atoms with Crippen molar-refractivity contribution in [2.45, 2.75) is 33.0 Å². The van der Waals surface area contributed by atoms with Gasteiger partial charge in [0.2, 0.25) is 0 Å². The Bertz CT molecular complexity index is 566. The number of amides is 1. The lowest BCUT2D eigenvalue weighted by molar-refractivity contribution is 0.0692. The Morgan fingerprint density at radius 1 is 1.45 bits per heavy atom. The van der Waals surface area contributed by atoms with Gasteiger partial charge in [-0.2, -0.15) is 0 Å². The minimum absolute atomic E-state index is 0.0190. The van der Waals surface area contributed by atoms with E-state index in [9.17, 15) is 4.79 Å². The highest BCUT2D eigenvalue weighted by atomic mass is 32.1. The molecule has 0 radical (unpaired) electrons. The summed E-state index contributed by atoms with van der Waals surface area (Å²) in [6, 6.07) is 7.70. The summed E-state index contributed by atoms with van der Waals surface area (Å²) in [4.78, 5) is 19.8. The molecule has 20 heavy (non-hydrogen) atoms. The fourth-order valence-corrected chi connectivity index (χ4v) is 2.65. The van der Waals surface area contributed by atoms with Gasteiger partial charge in [0.05, 0.1) is 12.2 Å². The molecule has 106 valence electrons. The number of nitrogens with two attached hydrogens (primary N) is 1. The van der Waals surface area contributed by atoms with Crippen LogP contribution in [0.4, 0.5) is 0 Å². The van der Waals surface area contributed by atoms with Gasteiger partial charge in [-0.15, -0.1) is 11.3 Å². The van der Waals surface area contributed by atoms with Crippen molar-refractivity contribution in [3.8, 4) is 0 Å². The Labute approximate surface area is 123 Å². The lowest BCUT2D eigenvalue weighted by atomic mass is 10.1. The molecule has 0 saturated heterocycles. The van der Waals surface area contributed by atoms with E-state index >= 15 is 0 Å². The van der Waals surface area contributed by atoms with Crippen LogP contribution in [-0.2, 0) is 13.1 Å². The van der Waals surface area contributed by atoms with E-state index in [2.05, 4.69) is 4.98 Å². The van der Waals surface area contributed by atoms with E-state index < -0.39 is 0 Å². The molecular weight excluding hydrogens is 270 g/mol. The summed E-state index contributed by atoms with van der Waals surface area (Å²) in [5.74, 6) is 0.0190. The molecule has 1 amide bonds. The lowest BCUT2D eigenvalue weighted by Gasteiger charge is -2.26. The summed E-state index contributed by atoms with van der Waals surface area (Å²) in [5.41, 5.74) is 6.95. The minimum atomic E-state index is 0.0190. The van der Waals surface area contributed by atoms with Crippen molar-refractivity contribution in [2.75, 3.05) is 0 Å². The van der Waals surface area contributed by atoms with Gasteiger partial charge in [-0.3, -0.25) is 9.78 Å². The van der Waals surface area contributed by atoms with Crippen molar-refractivity contribution in [1.82, 2.24) is 9.88 Å². The van der Waals surface area contributed by atoms with Crippen LogP contribution in [-0.4, -0.2) is 21.8 Å². The average Bonchev–Trinajstić information content (AvgIpc) is 2.97. The number of carbonyl (C=O) groups is 1. The lowest BCUT2D eigenvalue weighted by Crippen LogP contribution is -2.36. The molecule has 2 heterocycles. The predicted molar refractivity (Wildman–Crippen MR) is 81.5 cm³/mol. The third kappa shape index (κ3) is 3.43. The Kier molecular flexibility index (Phi) is 4.87. The molecule has 4 nitrogen and oxygen atoms in total. The maximum atomic E-state index is 12.6. The van der Waals surface area contributed by atoms with Gasteiger partial charge in [0.15, 0.2) is 0 Å². The van der Waals surface area contributed by atoms with Crippen molar-refractivity contribution < 1.29 is 4.79 Å². The predicted octanol–water partition coefficient (Wildman–Crippen LogP) is 2.65. The second-order valence-corrected chi connectivity index (χ2v) is 5.88. The van der Waals surface area contributed by atoms with Crippen molar-refractivity contribution in [1.29, 1.82) is 0 Å². The smallest absolute Gasteiger partial charge is 0.254 e. The highest BCUT2D eigenvalue weighted by molar-refractivity contribution is 7.09. The number of thiophene rings is 1. The van der Waals surface area contributed by atoms with E-state index in [1.165, 1.54) is 4.88 Å². The summed E-state index contributed by atoms with van der Waals surface area (Å²) < 4.78 is 0. The largest absolute Gasteiger partial charge is 0.331 e. The fourth-order valence-electron chi connectivity index (χ4n) is 1.95. The maximum absolute atomic E-state index is 12.6. The van der Waals surface area contributed by atoms with Gasteiger partial charge in [-0.1, -0.05) is 6.07 Å². The molecule has 2 aromatic rings. The van der Waals surface area contributed by atoms with E-state index in [0.29, 0.717) is 18.7 Å². The van der Waals surface area contributed by atoms with Gasteiger partial charge in [-0.25, -0.2) is 0 Å². The maximum Gasteiger partial charge on any atom is 0.254 e. The number of aromatic nitrogens is 1. The van der Waals surface area contributed by atoms with E-state index in [-0.39, 0.29) is 11.9 Å². The van der Waals surface area contributed by atoms with E-state index in [0.717, 1.165) is 5.69 Å². The third-order valence-corrected chi connectivity index (χ3v) is 3.92. The number of pyridine rings is 1. The minimum Gasteiger partial charge on any atom is -0.331 e. The summed E-state index contributed by atoms with van der Waals surface area (Å²) in [6.07, 6.45) is 1.64. The number of carbonyl (C=O) groups excluding carboxylic acids is 1. The molecule has 2 rings (SSSR count). The molecule has 0 aliphatic heterocycles. The number of hydrogen-bond acceptors (Lipinski definition) is 4. The van der Waals surface area contributed by atoms with E-state index in [1.54, 1.807) is 29.7 Å². The number of nitrogens with zero attached hydrogens (tertiary/aromatic N) is 2. The average molecular weight is 289 g/mol. The monoisotopic (exact) mass is 289 g/mol. The first-order chi connectivity index (χ1) is 9.61. The van der Waals surface area contributed by atoms with Crippen LogP contribution in [0.3, 0.4) is 0 Å². The van der Waals surface area contributed by atoms with E-state index in [4.69, 9.17) is 5.73 Å². The highest BCUT2D eigenvalue weighted by Crippen LogP contribution is 2.17. The van der Waals surface area contributed by atoms with Gasteiger partial charge < -0.3 is 10.6 Å². The van der Waals surface area contributed by atoms with Crippen LogP contribution in [0.15, 0.2) is 35.8 Å². The second kappa shape index (κ2) is 6.63. The third-order valence-electron chi connectivity index (χ3n) is 3.06. The Hall–Kier alpha value is -1.72. The molecule has 0 aliphatic rings. The van der Waals surface area contributed by atoms with Crippen LogP contribution in [0.25, 0.3) is 0 Å². The topological polar surface area (TPSA) is 59.2 Å². The van der Waals surface area contributed by atoms with Gasteiger partial charge in [-0.05, 0) is 37.4 Å². The first-order valence-electron chi connectivity index (χ1n) is 6.60. The van der Waals surface area contributed by atoms with Crippen LogP contribution >= 0.6 is 11.3 Å². The van der Waals surface area contributed by atoms with Crippen LogP contribution in [0.2, 0.25) is 0 Å². The zero-order valence-electron chi connectivity index (χ0n) is 11.7. The molecule has 0 aromatic carbocycles. The number of rotatable bonds is 5. The van der Waals surface area contributed by atoms with Crippen LogP contribution < -0.4 is 5.73 Å². The second-order valence-electron chi connectivity index (χ2n) is 4.85. The van der Waals surface area contributed by atoms with Crippen molar-refractivity contribution in [3.05, 3.63) is 52.0 Å². The first kappa shape index (κ1) is 14.7. The van der Waals surface area contributed by atoms with Crippen molar-refractivity contribution in [3.63, 3.8) is 0 Å². The summed E-state index contributed by atoms with van der Waals surface area (Å²) in [5, 5.41) is 2.03. The van der Waals surface area contributed by atoms with Gasteiger partial charge in [0, 0.05) is 29.2 Å². The zero-order valence-corrected chi connectivity index (χ0v) is 12.6. The van der Waals surface area contributed by atoms with Gasteiger partial charge in [0.1, 0.15) is 0 Å².